The minimum Gasteiger partial charge on any atom is -0.380 e. The Morgan fingerprint density at radius 3 is 2.88 bits per heavy atom. The maximum Gasteiger partial charge on any atom is 0.0637 e. The highest BCUT2D eigenvalue weighted by molar-refractivity contribution is 6.33. The van der Waals surface area contributed by atoms with Gasteiger partial charge >= 0.3 is 0 Å². The Balaban J connectivity index is 1.99. The molecule has 0 aliphatic heterocycles. The summed E-state index contributed by atoms with van der Waals surface area (Å²) in [5, 5.41) is 8.24. The average Bonchev–Trinajstić information content (AvgIpc) is 2.76. The number of benzene rings is 1. The summed E-state index contributed by atoms with van der Waals surface area (Å²) in [5.41, 5.74) is 2.11. The highest BCUT2D eigenvalue weighted by Gasteiger charge is 2.00. The lowest BCUT2D eigenvalue weighted by atomic mass is 10.3. The van der Waals surface area contributed by atoms with E-state index >= 15 is 0 Å². The summed E-state index contributed by atoms with van der Waals surface area (Å²) in [6.07, 6.45) is 3.90. The van der Waals surface area contributed by atoms with Crippen molar-refractivity contribution in [2.45, 2.75) is 20.0 Å². The molecule has 3 nitrogen and oxygen atoms in total. The van der Waals surface area contributed by atoms with Crippen molar-refractivity contribution in [3.63, 3.8) is 0 Å². The van der Waals surface area contributed by atoms with E-state index in [4.69, 9.17) is 11.6 Å². The molecule has 0 bridgehead atoms. The number of hydrogen-bond donors (Lipinski definition) is 1. The fourth-order valence-electron chi connectivity index (χ4n) is 1.47. The number of rotatable bonds is 4. The van der Waals surface area contributed by atoms with Crippen molar-refractivity contribution in [3.8, 4) is 0 Å². The Morgan fingerprint density at radius 1 is 1.38 bits per heavy atom. The van der Waals surface area contributed by atoms with Crippen molar-refractivity contribution >= 4 is 17.3 Å². The van der Waals surface area contributed by atoms with Crippen LogP contribution in [0.15, 0.2) is 36.7 Å². The lowest BCUT2D eigenvalue weighted by Gasteiger charge is -2.06. The molecule has 0 spiro atoms. The molecule has 0 atom stereocenters. The van der Waals surface area contributed by atoms with E-state index in [2.05, 4.69) is 17.3 Å². The van der Waals surface area contributed by atoms with Gasteiger partial charge in [0.25, 0.3) is 0 Å². The molecular formula is C12H14ClN3. The fraction of sp³-hybridized carbons (Fsp3) is 0.250. The third-order valence-corrected chi connectivity index (χ3v) is 2.70. The van der Waals surface area contributed by atoms with Crippen LogP contribution in [0.25, 0.3) is 0 Å². The van der Waals surface area contributed by atoms with Crippen molar-refractivity contribution < 1.29 is 0 Å². The third kappa shape index (κ3) is 2.55. The highest BCUT2D eigenvalue weighted by atomic mass is 35.5. The molecule has 0 saturated heterocycles. The molecular weight excluding hydrogens is 222 g/mol. The predicted molar refractivity (Wildman–Crippen MR) is 66.7 cm³/mol. The number of halogens is 1. The maximum atomic E-state index is 6.04. The smallest absolute Gasteiger partial charge is 0.0637 e. The SMILES string of the molecule is CCn1cc(CNc2ccccc2Cl)cn1. The van der Waals surface area contributed by atoms with E-state index in [1.807, 2.05) is 41.3 Å². The van der Waals surface area contributed by atoms with Crippen LogP contribution in [0.3, 0.4) is 0 Å². The molecule has 1 aromatic carbocycles. The molecule has 1 N–H and O–H groups in total. The van der Waals surface area contributed by atoms with Crippen LogP contribution in [0.4, 0.5) is 5.69 Å². The van der Waals surface area contributed by atoms with Gasteiger partial charge in [-0.2, -0.15) is 5.10 Å². The molecule has 2 rings (SSSR count). The first-order valence-electron chi connectivity index (χ1n) is 5.29. The predicted octanol–water partition coefficient (Wildman–Crippen LogP) is 3.17. The van der Waals surface area contributed by atoms with Gasteiger partial charge in [0.1, 0.15) is 0 Å². The number of nitrogens with one attached hydrogen (secondary N) is 1. The number of para-hydroxylation sites is 1. The van der Waals surface area contributed by atoms with E-state index in [-0.39, 0.29) is 0 Å². The van der Waals surface area contributed by atoms with Crippen molar-refractivity contribution in [2.75, 3.05) is 5.32 Å². The molecule has 16 heavy (non-hydrogen) atoms. The van der Waals surface area contributed by atoms with Gasteiger partial charge in [0.2, 0.25) is 0 Å². The number of nitrogens with zero attached hydrogens (tertiary/aromatic N) is 2. The third-order valence-electron chi connectivity index (χ3n) is 2.37. The quantitative estimate of drug-likeness (QED) is 0.882. The second-order valence-electron chi connectivity index (χ2n) is 3.54. The van der Waals surface area contributed by atoms with E-state index in [0.29, 0.717) is 0 Å². The molecule has 0 amide bonds. The van der Waals surface area contributed by atoms with Gasteiger partial charge in [-0.15, -0.1) is 0 Å². The lowest BCUT2D eigenvalue weighted by molar-refractivity contribution is 0.659. The Bertz CT molecular complexity index is 465. The summed E-state index contributed by atoms with van der Waals surface area (Å²) in [7, 11) is 0. The first-order chi connectivity index (χ1) is 7.79. The van der Waals surface area contributed by atoms with Gasteiger partial charge in [0, 0.05) is 24.8 Å². The van der Waals surface area contributed by atoms with Crippen LogP contribution in [0.2, 0.25) is 5.02 Å². The second kappa shape index (κ2) is 5.03. The topological polar surface area (TPSA) is 29.9 Å². The minimum absolute atomic E-state index is 0.740. The Hall–Kier alpha value is -1.48. The zero-order chi connectivity index (χ0) is 11.4. The molecule has 1 aromatic heterocycles. The molecule has 0 aliphatic rings. The number of anilines is 1. The summed E-state index contributed by atoms with van der Waals surface area (Å²) in [5.74, 6) is 0. The number of aryl methyl sites for hydroxylation is 1. The molecule has 0 saturated carbocycles. The van der Waals surface area contributed by atoms with Gasteiger partial charge in [-0.25, -0.2) is 0 Å². The van der Waals surface area contributed by atoms with Crippen LogP contribution in [0, 0.1) is 0 Å². The Labute approximate surface area is 100 Å². The molecule has 4 heteroatoms. The van der Waals surface area contributed by atoms with E-state index in [1.54, 1.807) is 0 Å². The number of hydrogen-bond acceptors (Lipinski definition) is 2. The normalized spacial score (nSPS) is 10.4. The first kappa shape index (κ1) is 11.0. The van der Waals surface area contributed by atoms with Crippen molar-refractivity contribution in [2.24, 2.45) is 0 Å². The molecule has 0 aliphatic carbocycles. The Morgan fingerprint density at radius 2 is 2.19 bits per heavy atom. The highest BCUT2D eigenvalue weighted by Crippen LogP contribution is 2.20. The maximum absolute atomic E-state index is 6.04. The van der Waals surface area contributed by atoms with Crippen LogP contribution in [0.5, 0.6) is 0 Å². The van der Waals surface area contributed by atoms with E-state index in [9.17, 15) is 0 Å². The van der Waals surface area contributed by atoms with Crippen molar-refractivity contribution in [3.05, 3.63) is 47.2 Å². The molecule has 1 heterocycles. The van der Waals surface area contributed by atoms with Crippen LogP contribution >= 0.6 is 11.6 Å². The van der Waals surface area contributed by atoms with Gasteiger partial charge < -0.3 is 5.32 Å². The van der Waals surface area contributed by atoms with E-state index < -0.39 is 0 Å². The lowest BCUT2D eigenvalue weighted by Crippen LogP contribution is -1.99. The first-order valence-corrected chi connectivity index (χ1v) is 5.67. The van der Waals surface area contributed by atoms with Gasteiger partial charge in [0.05, 0.1) is 16.9 Å². The number of aromatic nitrogens is 2. The zero-order valence-electron chi connectivity index (χ0n) is 9.15. The van der Waals surface area contributed by atoms with E-state index in [0.717, 1.165) is 29.4 Å². The van der Waals surface area contributed by atoms with Gasteiger partial charge in [0.15, 0.2) is 0 Å². The standard InChI is InChI=1S/C12H14ClN3/c1-2-16-9-10(8-15-16)7-14-12-6-4-3-5-11(12)13/h3-6,8-9,14H,2,7H2,1H3. The minimum atomic E-state index is 0.740. The summed E-state index contributed by atoms with van der Waals surface area (Å²) in [6, 6.07) is 7.72. The molecule has 84 valence electrons. The fourth-order valence-corrected chi connectivity index (χ4v) is 1.68. The van der Waals surface area contributed by atoms with Crippen LogP contribution in [-0.2, 0) is 13.1 Å². The average molecular weight is 236 g/mol. The van der Waals surface area contributed by atoms with Crippen LogP contribution in [0.1, 0.15) is 12.5 Å². The van der Waals surface area contributed by atoms with Crippen molar-refractivity contribution in [1.82, 2.24) is 9.78 Å². The monoisotopic (exact) mass is 235 g/mol. The Kier molecular flexibility index (Phi) is 3.47. The molecule has 0 unspecified atom stereocenters. The zero-order valence-corrected chi connectivity index (χ0v) is 9.91. The molecule has 0 fully saturated rings. The largest absolute Gasteiger partial charge is 0.380 e. The van der Waals surface area contributed by atoms with Gasteiger partial charge in [-0.1, -0.05) is 23.7 Å². The van der Waals surface area contributed by atoms with Crippen LogP contribution < -0.4 is 5.32 Å². The van der Waals surface area contributed by atoms with Crippen LogP contribution in [-0.4, -0.2) is 9.78 Å². The molecule has 2 aromatic rings. The van der Waals surface area contributed by atoms with Crippen molar-refractivity contribution in [1.29, 1.82) is 0 Å². The molecule has 0 radical (unpaired) electrons. The second-order valence-corrected chi connectivity index (χ2v) is 3.94. The van der Waals surface area contributed by atoms with Gasteiger partial charge in [-0.05, 0) is 19.1 Å². The summed E-state index contributed by atoms with van der Waals surface area (Å²) in [6.45, 7) is 3.70. The van der Waals surface area contributed by atoms with Gasteiger partial charge in [-0.3, -0.25) is 4.68 Å². The summed E-state index contributed by atoms with van der Waals surface area (Å²) in [4.78, 5) is 0. The summed E-state index contributed by atoms with van der Waals surface area (Å²) < 4.78 is 1.91. The summed E-state index contributed by atoms with van der Waals surface area (Å²) >= 11 is 6.04. The van der Waals surface area contributed by atoms with E-state index in [1.165, 1.54) is 0 Å².